The number of carbonyl (C=O) groups excluding carboxylic acids is 1. The Bertz CT molecular complexity index is 891. The molecule has 0 atom stereocenters. The van der Waals surface area contributed by atoms with Gasteiger partial charge in [-0.1, -0.05) is 0 Å². The van der Waals surface area contributed by atoms with Gasteiger partial charge >= 0.3 is 0 Å². The van der Waals surface area contributed by atoms with Crippen molar-refractivity contribution >= 4 is 17.5 Å². The predicted molar refractivity (Wildman–Crippen MR) is 101 cm³/mol. The second-order valence-electron chi connectivity index (χ2n) is 6.56. The molecular formula is C19H23FN4O3. The molecule has 27 heavy (non-hydrogen) atoms. The average molecular weight is 374 g/mol. The molecule has 0 radical (unpaired) electrons. The number of nitrogens with one attached hydrogen (secondary N) is 2. The molecule has 2 aromatic rings. The van der Waals surface area contributed by atoms with Crippen molar-refractivity contribution in [1.82, 2.24) is 9.97 Å². The van der Waals surface area contributed by atoms with Crippen LogP contribution in [0, 0.1) is 19.7 Å². The third-order valence-corrected chi connectivity index (χ3v) is 4.58. The van der Waals surface area contributed by atoms with Crippen LogP contribution in [0.3, 0.4) is 0 Å². The van der Waals surface area contributed by atoms with E-state index in [0.717, 1.165) is 0 Å². The first-order chi connectivity index (χ1) is 12.9. The van der Waals surface area contributed by atoms with E-state index in [0.29, 0.717) is 54.8 Å². The molecule has 0 aliphatic carbocycles. The average Bonchev–Trinajstić information content (AvgIpc) is 2.64. The van der Waals surface area contributed by atoms with Gasteiger partial charge in [-0.15, -0.1) is 0 Å². The molecule has 2 heterocycles. The van der Waals surface area contributed by atoms with Gasteiger partial charge in [0.2, 0.25) is 11.9 Å². The number of amides is 1. The van der Waals surface area contributed by atoms with Crippen molar-refractivity contribution in [3.8, 4) is 0 Å². The van der Waals surface area contributed by atoms with Crippen molar-refractivity contribution in [2.75, 3.05) is 36.5 Å². The Balaban J connectivity index is 1.65. The number of ether oxygens (including phenoxy) is 1. The molecule has 1 amide bonds. The number of carbonyl (C=O) groups is 1. The molecule has 0 saturated carbocycles. The number of halogens is 1. The number of hydrogen-bond acceptors (Lipinski definition) is 5. The molecule has 3 rings (SSSR count). The van der Waals surface area contributed by atoms with Crippen LogP contribution in [-0.2, 0) is 16.0 Å². The summed E-state index contributed by atoms with van der Waals surface area (Å²) in [4.78, 5) is 33.9. The van der Waals surface area contributed by atoms with Crippen LogP contribution in [0.15, 0.2) is 23.0 Å². The second-order valence-corrected chi connectivity index (χ2v) is 6.56. The van der Waals surface area contributed by atoms with Crippen molar-refractivity contribution in [3.63, 3.8) is 0 Å². The Hall–Kier alpha value is -2.74. The summed E-state index contributed by atoms with van der Waals surface area (Å²) in [6.07, 6.45) is 0.420. The molecule has 7 nitrogen and oxygen atoms in total. The SMILES string of the molecule is Cc1cc(F)ccc1NC(=O)CCc1c(C)nc(N2CCOCC2)[nH]c1=O. The minimum Gasteiger partial charge on any atom is -0.378 e. The normalized spacial score (nSPS) is 14.3. The summed E-state index contributed by atoms with van der Waals surface area (Å²) >= 11 is 0. The number of aromatic amines is 1. The van der Waals surface area contributed by atoms with Crippen molar-refractivity contribution in [3.05, 3.63) is 51.2 Å². The zero-order valence-electron chi connectivity index (χ0n) is 15.5. The van der Waals surface area contributed by atoms with Gasteiger partial charge in [-0.25, -0.2) is 9.37 Å². The van der Waals surface area contributed by atoms with Crippen LogP contribution in [0.25, 0.3) is 0 Å². The molecule has 1 saturated heterocycles. The number of hydrogen-bond donors (Lipinski definition) is 2. The van der Waals surface area contributed by atoms with Crippen molar-refractivity contribution in [1.29, 1.82) is 0 Å². The van der Waals surface area contributed by atoms with Crippen LogP contribution in [0.5, 0.6) is 0 Å². The van der Waals surface area contributed by atoms with Crippen LogP contribution in [-0.4, -0.2) is 42.2 Å². The van der Waals surface area contributed by atoms with Crippen molar-refractivity contribution in [2.24, 2.45) is 0 Å². The lowest BCUT2D eigenvalue weighted by atomic mass is 10.1. The van der Waals surface area contributed by atoms with E-state index in [2.05, 4.69) is 15.3 Å². The van der Waals surface area contributed by atoms with Crippen LogP contribution < -0.4 is 15.8 Å². The van der Waals surface area contributed by atoms with Gasteiger partial charge in [-0.2, -0.15) is 0 Å². The van der Waals surface area contributed by atoms with E-state index in [1.165, 1.54) is 18.2 Å². The zero-order valence-corrected chi connectivity index (χ0v) is 15.5. The van der Waals surface area contributed by atoms with Crippen molar-refractivity contribution in [2.45, 2.75) is 26.7 Å². The van der Waals surface area contributed by atoms with Gasteiger partial charge in [0.25, 0.3) is 5.56 Å². The molecule has 1 fully saturated rings. The molecule has 1 aromatic carbocycles. The van der Waals surface area contributed by atoms with E-state index in [-0.39, 0.29) is 30.1 Å². The summed E-state index contributed by atoms with van der Waals surface area (Å²) in [5.74, 6) is -0.0456. The largest absolute Gasteiger partial charge is 0.378 e. The first-order valence-corrected chi connectivity index (χ1v) is 8.92. The van der Waals surface area contributed by atoms with Gasteiger partial charge < -0.3 is 15.0 Å². The Kier molecular flexibility index (Phi) is 5.85. The third-order valence-electron chi connectivity index (χ3n) is 4.58. The van der Waals surface area contributed by atoms with Crippen LogP contribution in [0.4, 0.5) is 16.0 Å². The fourth-order valence-corrected chi connectivity index (χ4v) is 3.03. The fraction of sp³-hybridized carbons (Fsp3) is 0.421. The highest BCUT2D eigenvalue weighted by atomic mass is 19.1. The van der Waals surface area contributed by atoms with E-state index in [9.17, 15) is 14.0 Å². The highest BCUT2D eigenvalue weighted by Crippen LogP contribution is 2.16. The molecule has 0 bridgehead atoms. The first kappa shape index (κ1) is 19.0. The highest BCUT2D eigenvalue weighted by Gasteiger charge is 2.17. The zero-order chi connectivity index (χ0) is 19.4. The van der Waals surface area contributed by atoms with Gasteiger partial charge in [0.15, 0.2) is 0 Å². The van der Waals surface area contributed by atoms with E-state index < -0.39 is 0 Å². The first-order valence-electron chi connectivity index (χ1n) is 8.92. The molecule has 1 aliphatic rings. The van der Waals surface area contributed by atoms with Gasteiger partial charge in [0, 0.05) is 36.5 Å². The molecule has 8 heteroatoms. The third kappa shape index (κ3) is 4.71. The molecular weight excluding hydrogens is 351 g/mol. The smallest absolute Gasteiger partial charge is 0.255 e. The minimum absolute atomic E-state index is 0.138. The fourth-order valence-electron chi connectivity index (χ4n) is 3.03. The number of benzene rings is 1. The Labute approximate surface area is 156 Å². The number of morpholine rings is 1. The Morgan fingerprint density at radius 1 is 1.33 bits per heavy atom. The molecule has 0 unspecified atom stereocenters. The van der Waals surface area contributed by atoms with Crippen molar-refractivity contribution < 1.29 is 13.9 Å². The maximum absolute atomic E-state index is 13.1. The number of H-pyrrole nitrogens is 1. The van der Waals surface area contributed by atoms with E-state index in [4.69, 9.17) is 4.74 Å². The lowest BCUT2D eigenvalue weighted by Gasteiger charge is -2.27. The van der Waals surface area contributed by atoms with Crippen LogP contribution in [0.1, 0.15) is 23.2 Å². The topological polar surface area (TPSA) is 87.3 Å². The standard InChI is InChI=1S/C19H23FN4O3/c1-12-11-14(20)3-5-16(12)22-17(25)6-4-15-13(2)21-19(23-18(15)26)24-7-9-27-10-8-24/h3,5,11H,4,6-10H2,1-2H3,(H,22,25)(H,21,23,26). The number of nitrogens with zero attached hydrogens (tertiary/aromatic N) is 2. The summed E-state index contributed by atoms with van der Waals surface area (Å²) in [5, 5.41) is 2.75. The number of anilines is 2. The minimum atomic E-state index is -0.348. The van der Waals surface area contributed by atoms with Gasteiger partial charge in [0.1, 0.15) is 5.82 Å². The maximum Gasteiger partial charge on any atom is 0.255 e. The summed E-state index contributed by atoms with van der Waals surface area (Å²) in [5.41, 5.74) is 2.10. The summed E-state index contributed by atoms with van der Waals surface area (Å²) in [6.45, 7) is 6.07. The van der Waals surface area contributed by atoms with Gasteiger partial charge in [-0.3, -0.25) is 14.6 Å². The monoisotopic (exact) mass is 374 g/mol. The summed E-state index contributed by atoms with van der Waals surface area (Å²) in [7, 11) is 0. The summed E-state index contributed by atoms with van der Waals surface area (Å²) < 4.78 is 18.4. The number of aromatic nitrogens is 2. The van der Waals surface area contributed by atoms with E-state index in [1.54, 1.807) is 13.8 Å². The molecule has 1 aliphatic heterocycles. The predicted octanol–water partition coefficient (Wildman–Crippen LogP) is 1.93. The Morgan fingerprint density at radius 2 is 2.07 bits per heavy atom. The van der Waals surface area contributed by atoms with Crippen LogP contribution >= 0.6 is 0 Å². The van der Waals surface area contributed by atoms with Gasteiger partial charge in [0.05, 0.1) is 13.2 Å². The molecule has 144 valence electrons. The number of rotatable bonds is 5. The van der Waals surface area contributed by atoms with E-state index in [1.807, 2.05) is 4.90 Å². The Morgan fingerprint density at radius 3 is 2.74 bits per heavy atom. The molecule has 2 N–H and O–H groups in total. The van der Waals surface area contributed by atoms with Gasteiger partial charge in [-0.05, 0) is 44.0 Å². The second kappa shape index (κ2) is 8.30. The number of aryl methyl sites for hydroxylation is 2. The summed E-state index contributed by atoms with van der Waals surface area (Å²) in [6, 6.07) is 4.18. The maximum atomic E-state index is 13.1. The molecule has 1 aromatic heterocycles. The van der Waals surface area contributed by atoms with Crippen LogP contribution in [0.2, 0.25) is 0 Å². The van der Waals surface area contributed by atoms with E-state index >= 15 is 0 Å². The lowest BCUT2D eigenvalue weighted by molar-refractivity contribution is -0.116. The molecule has 0 spiro atoms. The quantitative estimate of drug-likeness (QED) is 0.835. The highest BCUT2D eigenvalue weighted by molar-refractivity contribution is 5.91. The lowest BCUT2D eigenvalue weighted by Crippen LogP contribution is -2.38.